The van der Waals surface area contributed by atoms with Crippen LogP contribution in [-0.2, 0) is 27.7 Å². The summed E-state index contributed by atoms with van der Waals surface area (Å²) in [6.45, 7) is 3.66. The second-order valence-corrected chi connectivity index (χ2v) is 10.4. The molecule has 2 aromatic carbocycles. The molecule has 0 spiro atoms. The van der Waals surface area contributed by atoms with Gasteiger partial charge in [-0.15, -0.1) is 0 Å². The smallest absolute Gasteiger partial charge is 0.243 e. The van der Waals surface area contributed by atoms with Gasteiger partial charge in [0.15, 0.2) is 0 Å². The summed E-state index contributed by atoms with van der Waals surface area (Å²) in [5, 5.41) is 0. The van der Waals surface area contributed by atoms with Gasteiger partial charge in [-0.1, -0.05) is 43.3 Å². The molecule has 1 atom stereocenters. The number of aryl methyl sites for hydroxylation is 2. The van der Waals surface area contributed by atoms with Gasteiger partial charge in [-0.25, -0.2) is 8.42 Å². The Morgan fingerprint density at radius 2 is 1.60 bits per heavy atom. The summed E-state index contributed by atoms with van der Waals surface area (Å²) in [4.78, 5) is 14.9. The highest BCUT2D eigenvalue weighted by atomic mass is 32.2. The molecule has 6 heteroatoms. The maximum Gasteiger partial charge on any atom is 0.243 e. The molecule has 1 heterocycles. The minimum atomic E-state index is -3.52. The summed E-state index contributed by atoms with van der Waals surface area (Å²) in [7, 11) is -3.52. The van der Waals surface area contributed by atoms with Crippen LogP contribution in [0.2, 0.25) is 0 Å². The molecule has 2 aliphatic rings. The van der Waals surface area contributed by atoms with Gasteiger partial charge in [0.1, 0.15) is 0 Å². The molecule has 0 aromatic heterocycles. The van der Waals surface area contributed by atoms with Crippen LogP contribution in [-0.4, -0.2) is 49.7 Å². The summed E-state index contributed by atoms with van der Waals surface area (Å²) in [5.74, 6) is 0.244. The Balaban J connectivity index is 1.37. The molecule has 1 saturated heterocycles. The van der Waals surface area contributed by atoms with E-state index < -0.39 is 10.0 Å². The molecule has 0 bridgehead atoms. The molecule has 0 N–H and O–H groups in total. The van der Waals surface area contributed by atoms with E-state index in [1.807, 2.05) is 42.5 Å². The van der Waals surface area contributed by atoms with Gasteiger partial charge in [0.05, 0.1) is 4.90 Å². The van der Waals surface area contributed by atoms with Crippen LogP contribution in [0, 0.1) is 0 Å². The second kappa shape index (κ2) is 8.90. The maximum absolute atomic E-state index is 13.1. The monoisotopic (exact) mass is 426 g/mol. The van der Waals surface area contributed by atoms with E-state index in [0.717, 1.165) is 24.8 Å². The van der Waals surface area contributed by atoms with Gasteiger partial charge in [0.25, 0.3) is 0 Å². The molecule has 160 valence electrons. The first-order valence-electron chi connectivity index (χ1n) is 10.9. The van der Waals surface area contributed by atoms with Crippen molar-refractivity contribution < 1.29 is 13.2 Å². The molecule has 4 rings (SSSR count). The van der Waals surface area contributed by atoms with Crippen LogP contribution in [0.25, 0.3) is 0 Å². The number of rotatable bonds is 5. The Labute approximate surface area is 179 Å². The van der Waals surface area contributed by atoms with Gasteiger partial charge in [0.2, 0.25) is 15.9 Å². The normalized spacial score (nSPS) is 18.6. The SMILES string of the molecule is C[C@H](CC(=O)N1CCN(S(=O)(=O)c2ccc3c(c2)CCCC3)CC1)c1ccccc1. The van der Waals surface area contributed by atoms with E-state index in [4.69, 9.17) is 0 Å². The van der Waals surface area contributed by atoms with Crippen LogP contribution in [0.4, 0.5) is 0 Å². The fraction of sp³-hybridized carbons (Fsp3) is 0.458. The lowest BCUT2D eigenvalue weighted by atomic mass is 9.92. The average molecular weight is 427 g/mol. The van der Waals surface area contributed by atoms with Gasteiger partial charge >= 0.3 is 0 Å². The molecular weight excluding hydrogens is 396 g/mol. The second-order valence-electron chi connectivity index (χ2n) is 8.44. The first-order valence-corrected chi connectivity index (χ1v) is 12.3. The third-order valence-corrected chi connectivity index (χ3v) is 8.29. The fourth-order valence-electron chi connectivity index (χ4n) is 4.49. The minimum absolute atomic E-state index is 0.0946. The van der Waals surface area contributed by atoms with E-state index in [1.54, 1.807) is 11.0 Å². The first kappa shape index (κ1) is 21.1. The maximum atomic E-state index is 13.1. The predicted molar refractivity (Wildman–Crippen MR) is 118 cm³/mol. The van der Waals surface area contributed by atoms with Gasteiger partial charge in [-0.3, -0.25) is 4.79 Å². The summed E-state index contributed by atoms with van der Waals surface area (Å²) in [5.41, 5.74) is 3.61. The van der Waals surface area contributed by atoms with E-state index in [2.05, 4.69) is 6.92 Å². The van der Waals surface area contributed by atoms with E-state index in [9.17, 15) is 13.2 Å². The molecule has 0 saturated carbocycles. The van der Waals surface area contributed by atoms with Crippen molar-refractivity contribution in [1.82, 2.24) is 9.21 Å². The zero-order valence-corrected chi connectivity index (χ0v) is 18.4. The van der Waals surface area contributed by atoms with Crippen molar-refractivity contribution in [2.24, 2.45) is 0 Å². The average Bonchev–Trinajstić information content (AvgIpc) is 2.79. The molecule has 5 nitrogen and oxygen atoms in total. The molecule has 1 fully saturated rings. The Morgan fingerprint density at radius 3 is 2.30 bits per heavy atom. The fourth-order valence-corrected chi connectivity index (χ4v) is 5.96. The van der Waals surface area contributed by atoms with E-state index in [1.165, 1.54) is 21.9 Å². The summed E-state index contributed by atoms with van der Waals surface area (Å²) in [6, 6.07) is 15.6. The highest BCUT2D eigenvalue weighted by molar-refractivity contribution is 7.89. The lowest BCUT2D eigenvalue weighted by Crippen LogP contribution is -2.50. The Hall–Kier alpha value is -2.18. The van der Waals surface area contributed by atoms with Crippen LogP contribution in [0.5, 0.6) is 0 Å². The summed E-state index contributed by atoms with van der Waals surface area (Å²) in [6.07, 6.45) is 4.75. The molecule has 1 aliphatic carbocycles. The van der Waals surface area contributed by atoms with Crippen molar-refractivity contribution >= 4 is 15.9 Å². The van der Waals surface area contributed by atoms with Crippen molar-refractivity contribution in [3.05, 3.63) is 65.2 Å². The van der Waals surface area contributed by atoms with Crippen molar-refractivity contribution in [2.45, 2.75) is 49.8 Å². The number of hydrogen-bond donors (Lipinski definition) is 0. The third kappa shape index (κ3) is 4.44. The molecule has 2 aromatic rings. The quantitative estimate of drug-likeness (QED) is 0.734. The highest BCUT2D eigenvalue weighted by Crippen LogP contribution is 2.26. The third-order valence-electron chi connectivity index (χ3n) is 6.40. The first-order chi connectivity index (χ1) is 14.4. The minimum Gasteiger partial charge on any atom is -0.340 e. The van der Waals surface area contributed by atoms with Crippen LogP contribution >= 0.6 is 0 Å². The van der Waals surface area contributed by atoms with Gasteiger partial charge in [0, 0.05) is 32.6 Å². The van der Waals surface area contributed by atoms with E-state index in [-0.39, 0.29) is 11.8 Å². The van der Waals surface area contributed by atoms with E-state index >= 15 is 0 Å². The zero-order valence-electron chi connectivity index (χ0n) is 17.6. The number of nitrogens with zero attached hydrogens (tertiary/aromatic N) is 2. The summed E-state index contributed by atoms with van der Waals surface area (Å²) >= 11 is 0. The Bertz CT molecular complexity index is 996. The topological polar surface area (TPSA) is 57.7 Å². The van der Waals surface area contributed by atoms with E-state index in [0.29, 0.717) is 37.5 Å². The Kier molecular flexibility index (Phi) is 6.25. The van der Waals surface area contributed by atoms with Crippen molar-refractivity contribution in [3.63, 3.8) is 0 Å². The highest BCUT2D eigenvalue weighted by Gasteiger charge is 2.31. The van der Waals surface area contributed by atoms with Crippen molar-refractivity contribution in [3.8, 4) is 0 Å². The van der Waals surface area contributed by atoms with Crippen LogP contribution in [0.15, 0.2) is 53.4 Å². The number of fused-ring (bicyclic) bond motifs is 1. The molecule has 30 heavy (non-hydrogen) atoms. The standard InChI is InChI=1S/C24H30N2O3S/c1-19(20-7-3-2-4-8-20)17-24(27)25-13-15-26(16-14-25)30(28,29)23-12-11-21-9-5-6-10-22(21)18-23/h2-4,7-8,11-12,18-19H,5-6,9-10,13-17H2,1H3/t19-/m1/s1. The van der Waals surface area contributed by atoms with Gasteiger partial charge < -0.3 is 4.90 Å². The van der Waals surface area contributed by atoms with Gasteiger partial charge in [-0.2, -0.15) is 4.31 Å². The lowest BCUT2D eigenvalue weighted by Gasteiger charge is -2.34. The number of benzene rings is 2. The van der Waals surface area contributed by atoms with Gasteiger partial charge in [-0.05, 0) is 60.4 Å². The number of hydrogen-bond acceptors (Lipinski definition) is 3. The predicted octanol–water partition coefficient (Wildman–Crippen LogP) is 3.59. The number of amides is 1. The van der Waals surface area contributed by atoms with Crippen LogP contribution in [0.1, 0.15) is 48.8 Å². The molecule has 1 amide bonds. The molecule has 0 radical (unpaired) electrons. The number of sulfonamides is 1. The number of carbonyl (C=O) groups is 1. The molecule has 0 unspecified atom stereocenters. The molecule has 1 aliphatic heterocycles. The number of carbonyl (C=O) groups excluding carboxylic acids is 1. The van der Waals surface area contributed by atoms with Crippen molar-refractivity contribution in [2.75, 3.05) is 26.2 Å². The largest absolute Gasteiger partial charge is 0.340 e. The van der Waals surface area contributed by atoms with Crippen LogP contribution < -0.4 is 0 Å². The lowest BCUT2D eigenvalue weighted by molar-refractivity contribution is -0.132. The Morgan fingerprint density at radius 1 is 0.933 bits per heavy atom. The van der Waals surface area contributed by atoms with Crippen molar-refractivity contribution in [1.29, 1.82) is 0 Å². The summed E-state index contributed by atoms with van der Waals surface area (Å²) < 4.78 is 27.8. The molecular formula is C24H30N2O3S. The van der Waals surface area contributed by atoms with Crippen LogP contribution in [0.3, 0.4) is 0 Å². The zero-order chi connectivity index (χ0) is 21.1. The number of piperazine rings is 1.